The summed E-state index contributed by atoms with van der Waals surface area (Å²) in [5, 5.41) is 2.29. The topological polar surface area (TPSA) is 29.9 Å². The van der Waals surface area contributed by atoms with Gasteiger partial charge in [0.2, 0.25) is 5.69 Å². The molecule has 0 N–H and O–H groups in total. The second kappa shape index (κ2) is 5.45. The van der Waals surface area contributed by atoms with Crippen LogP contribution in [0.5, 0.6) is 0 Å². The number of rotatable bonds is 2. The molecule has 0 radical (unpaired) electrons. The molecule has 0 unspecified atom stereocenters. The summed E-state index contributed by atoms with van der Waals surface area (Å²) in [6, 6.07) is 12.6. The van der Waals surface area contributed by atoms with E-state index in [4.69, 9.17) is 4.42 Å². The lowest BCUT2D eigenvalue weighted by Gasteiger charge is -2.05. The Morgan fingerprint density at radius 2 is 1.79 bits per heavy atom. The highest BCUT2D eigenvalue weighted by molar-refractivity contribution is 6.10. The number of nitrogens with zero attached hydrogens (tertiary/aromatic N) is 2. The summed E-state index contributed by atoms with van der Waals surface area (Å²) in [4.78, 5) is 4.55. The molecular formula is C21H21N2O+. The Morgan fingerprint density at radius 3 is 2.54 bits per heavy atom. The fourth-order valence-corrected chi connectivity index (χ4v) is 3.40. The molecule has 24 heavy (non-hydrogen) atoms. The maximum absolute atomic E-state index is 6.39. The predicted molar refractivity (Wildman–Crippen MR) is 97.0 cm³/mol. The van der Waals surface area contributed by atoms with Crippen LogP contribution in [0.2, 0.25) is 0 Å². The van der Waals surface area contributed by atoms with Crippen molar-refractivity contribution in [1.29, 1.82) is 0 Å². The van der Waals surface area contributed by atoms with Crippen LogP contribution in [0.15, 0.2) is 53.2 Å². The normalized spacial score (nSPS) is 11.7. The lowest BCUT2D eigenvalue weighted by atomic mass is 10.0. The molecule has 120 valence electrons. The second-order valence-electron chi connectivity index (χ2n) is 6.66. The quantitative estimate of drug-likeness (QED) is 0.492. The van der Waals surface area contributed by atoms with Gasteiger partial charge >= 0.3 is 0 Å². The van der Waals surface area contributed by atoms with Crippen molar-refractivity contribution in [2.24, 2.45) is 7.05 Å². The number of fused-ring (bicyclic) bond motifs is 3. The smallest absolute Gasteiger partial charge is 0.216 e. The summed E-state index contributed by atoms with van der Waals surface area (Å²) in [5.41, 5.74) is 6.39. The van der Waals surface area contributed by atoms with Crippen molar-refractivity contribution in [2.45, 2.75) is 26.7 Å². The maximum Gasteiger partial charge on any atom is 0.216 e. The van der Waals surface area contributed by atoms with Crippen molar-refractivity contribution in [1.82, 2.24) is 4.98 Å². The van der Waals surface area contributed by atoms with E-state index < -0.39 is 0 Å². The van der Waals surface area contributed by atoms with Crippen molar-refractivity contribution in [2.75, 3.05) is 0 Å². The summed E-state index contributed by atoms with van der Waals surface area (Å²) in [5.74, 6) is 0.326. The molecule has 0 atom stereocenters. The first kappa shape index (κ1) is 14.9. The number of aryl methyl sites for hydroxylation is 2. The molecule has 0 saturated carbocycles. The van der Waals surface area contributed by atoms with Gasteiger partial charge in [-0.15, -0.1) is 0 Å². The van der Waals surface area contributed by atoms with Gasteiger partial charge in [-0.05, 0) is 30.5 Å². The van der Waals surface area contributed by atoms with E-state index in [9.17, 15) is 0 Å². The van der Waals surface area contributed by atoms with Gasteiger partial charge in [0.25, 0.3) is 0 Å². The lowest BCUT2D eigenvalue weighted by Crippen LogP contribution is -2.30. The van der Waals surface area contributed by atoms with Crippen molar-refractivity contribution >= 4 is 21.9 Å². The zero-order chi connectivity index (χ0) is 16.8. The van der Waals surface area contributed by atoms with E-state index in [0.717, 1.165) is 38.9 Å². The van der Waals surface area contributed by atoms with Gasteiger partial charge in [0, 0.05) is 29.1 Å². The lowest BCUT2D eigenvalue weighted by molar-refractivity contribution is -0.660. The number of pyridine rings is 2. The third-order valence-electron chi connectivity index (χ3n) is 4.65. The van der Waals surface area contributed by atoms with E-state index in [2.05, 4.69) is 73.9 Å². The molecule has 3 heterocycles. The first-order valence-corrected chi connectivity index (χ1v) is 8.33. The minimum Gasteiger partial charge on any atom is -0.453 e. The predicted octanol–water partition coefficient (Wildman–Crippen LogP) is 4.90. The van der Waals surface area contributed by atoms with E-state index in [1.54, 1.807) is 0 Å². The molecule has 0 aliphatic carbocycles. The van der Waals surface area contributed by atoms with Crippen molar-refractivity contribution < 1.29 is 8.98 Å². The Morgan fingerprint density at radius 1 is 1.00 bits per heavy atom. The van der Waals surface area contributed by atoms with Crippen LogP contribution in [0.3, 0.4) is 0 Å². The SMILES string of the molecule is Cc1ccc2c(oc3c(C(C)C)nccc32)c1-c1cccc[n+]1C. The van der Waals surface area contributed by atoms with Crippen molar-refractivity contribution in [3.8, 4) is 11.3 Å². The molecule has 3 aromatic heterocycles. The fourth-order valence-electron chi connectivity index (χ4n) is 3.40. The molecule has 4 rings (SSSR count). The summed E-state index contributed by atoms with van der Waals surface area (Å²) < 4.78 is 8.53. The van der Waals surface area contributed by atoms with Crippen LogP contribution in [0, 0.1) is 6.92 Å². The van der Waals surface area contributed by atoms with Crippen molar-refractivity contribution in [3.63, 3.8) is 0 Å². The third-order valence-corrected chi connectivity index (χ3v) is 4.65. The van der Waals surface area contributed by atoms with Gasteiger partial charge in [-0.3, -0.25) is 4.98 Å². The summed E-state index contributed by atoms with van der Waals surface area (Å²) >= 11 is 0. The molecule has 0 spiro atoms. The van der Waals surface area contributed by atoms with Crippen LogP contribution < -0.4 is 4.57 Å². The highest BCUT2D eigenvalue weighted by Crippen LogP contribution is 2.38. The molecule has 0 bridgehead atoms. The molecule has 0 aliphatic heterocycles. The van der Waals surface area contributed by atoms with Gasteiger partial charge < -0.3 is 4.42 Å². The van der Waals surface area contributed by atoms with E-state index in [0.29, 0.717) is 5.92 Å². The van der Waals surface area contributed by atoms with E-state index in [1.807, 2.05) is 12.3 Å². The molecular weight excluding hydrogens is 296 g/mol. The van der Waals surface area contributed by atoms with Crippen LogP contribution in [0.25, 0.3) is 33.2 Å². The molecule has 1 aromatic carbocycles. The molecule has 0 amide bonds. The third kappa shape index (κ3) is 2.12. The number of furan rings is 1. The van der Waals surface area contributed by atoms with Crippen LogP contribution in [0.1, 0.15) is 31.0 Å². The highest BCUT2D eigenvalue weighted by atomic mass is 16.3. The minimum absolute atomic E-state index is 0.326. The number of benzene rings is 1. The standard InChI is InChI=1S/C21H21N2O/c1-13(2)19-21-16(10-11-22-19)15-9-8-14(3)18(20(15)24-21)17-7-5-6-12-23(17)4/h5-13H,1-4H3/q+1. The maximum atomic E-state index is 6.39. The van der Waals surface area contributed by atoms with Gasteiger partial charge in [-0.1, -0.05) is 26.0 Å². The van der Waals surface area contributed by atoms with Gasteiger partial charge in [0.15, 0.2) is 11.8 Å². The van der Waals surface area contributed by atoms with Crippen LogP contribution in [-0.2, 0) is 7.05 Å². The summed E-state index contributed by atoms with van der Waals surface area (Å²) in [6.45, 7) is 6.44. The largest absolute Gasteiger partial charge is 0.453 e. The Kier molecular flexibility index (Phi) is 3.38. The van der Waals surface area contributed by atoms with Crippen LogP contribution in [-0.4, -0.2) is 4.98 Å². The monoisotopic (exact) mass is 317 g/mol. The molecule has 0 aliphatic rings. The Hall–Kier alpha value is -2.68. The average Bonchev–Trinajstić information content (AvgIpc) is 2.94. The highest BCUT2D eigenvalue weighted by Gasteiger charge is 2.21. The van der Waals surface area contributed by atoms with Crippen LogP contribution in [0.4, 0.5) is 0 Å². The fraction of sp³-hybridized carbons (Fsp3) is 0.238. The number of hydrogen-bond donors (Lipinski definition) is 0. The van der Waals surface area contributed by atoms with Crippen LogP contribution >= 0.6 is 0 Å². The first-order chi connectivity index (χ1) is 11.6. The Bertz CT molecular complexity index is 1060. The minimum atomic E-state index is 0.326. The van der Waals surface area contributed by atoms with Gasteiger partial charge in [0.05, 0.1) is 11.3 Å². The Balaban J connectivity index is 2.15. The van der Waals surface area contributed by atoms with E-state index in [-0.39, 0.29) is 0 Å². The first-order valence-electron chi connectivity index (χ1n) is 8.33. The molecule has 4 aromatic rings. The molecule has 0 saturated heterocycles. The molecule has 3 heteroatoms. The van der Waals surface area contributed by atoms with E-state index >= 15 is 0 Å². The zero-order valence-electron chi connectivity index (χ0n) is 14.5. The summed E-state index contributed by atoms with van der Waals surface area (Å²) in [6.07, 6.45) is 3.95. The van der Waals surface area contributed by atoms with Gasteiger partial charge in [-0.2, -0.15) is 0 Å². The van der Waals surface area contributed by atoms with Crippen molar-refractivity contribution in [3.05, 3.63) is 60.0 Å². The second-order valence-corrected chi connectivity index (χ2v) is 6.66. The summed E-state index contributed by atoms with van der Waals surface area (Å²) in [7, 11) is 2.07. The molecule has 0 fully saturated rings. The molecule has 3 nitrogen and oxygen atoms in total. The van der Waals surface area contributed by atoms with E-state index in [1.165, 1.54) is 5.56 Å². The van der Waals surface area contributed by atoms with Gasteiger partial charge in [0.1, 0.15) is 12.6 Å². The zero-order valence-corrected chi connectivity index (χ0v) is 14.5. The van der Waals surface area contributed by atoms with Gasteiger partial charge in [-0.25, -0.2) is 4.57 Å². The number of hydrogen-bond acceptors (Lipinski definition) is 2. The Labute approximate surface area is 141 Å². The average molecular weight is 317 g/mol. The number of aromatic nitrogens is 2.